The number of nitrogens with one attached hydrogen (secondary N) is 1. The number of aromatic nitrogens is 2. The van der Waals surface area contributed by atoms with E-state index in [2.05, 4.69) is 15.3 Å². The summed E-state index contributed by atoms with van der Waals surface area (Å²) in [6.45, 7) is 3.64. The van der Waals surface area contributed by atoms with E-state index in [0.717, 1.165) is 24.8 Å². The first kappa shape index (κ1) is 14.8. The van der Waals surface area contributed by atoms with Crippen LogP contribution in [0.4, 0.5) is 14.6 Å². The monoisotopic (exact) mass is 305 g/mol. The van der Waals surface area contributed by atoms with Gasteiger partial charge in [0.2, 0.25) is 0 Å². The maximum absolute atomic E-state index is 13.2. The molecule has 1 aliphatic rings. The van der Waals surface area contributed by atoms with Crippen LogP contribution in [0.1, 0.15) is 29.4 Å². The molecule has 6 heteroatoms. The topological polar surface area (TPSA) is 47.0 Å². The highest BCUT2D eigenvalue weighted by molar-refractivity contribution is 5.38. The smallest absolute Gasteiger partial charge is 0.159 e. The summed E-state index contributed by atoms with van der Waals surface area (Å²) in [5.41, 5.74) is 1.61. The predicted molar refractivity (Wildman–Crippen MR) is 78.6 cm³/mol. The lowest BCUT2D eigenvalue weighted by molar-refractivity contribution is 0.193. The zero-order chi connectivity index (χ0) is 15.5. The number of aryl methyl sites for hydroxylation is 1. The lowest BCUT2D eigenvalue weighted by Crippen LogP contribution is -2.08. The first-order valence-corrected chi connectivity index (χ1v) is 7.23. The summed E-state index contributed by atoms with van der Waals surface area (Å²) in [4.78, 5) is 8.79. The molecule has 22 heavy (non-hydrogen) atoms. The molecule has 0 saturated carbocycles. The molecule has 1 saturated heterocycles. The van der Waals surface area contributed by atoms with Crippen molar-refractivity contribution in [3.63, 3.8) is 0 Å². The molecule has 0 spiro atoms. The van der Waals surface area contributed by atoms with Crippen LogP contribution in [-0.2, 0) is 11.3 Å². The van der Waals surface area contributed by atoms with E-state index in [1.165, 1.54) is 6.07 Å². The van der Waals surface area contributed by atoms with E-state index >= 15 is 0 Å². The Kier molecular flexibility index (Phi) is 4.29. The molecule has 116 valence electrons. The van der Waals surface area contributed by atoms with E-state index in [9.17, 15) is 8.78 Å². The highest BCUT2D eigenvalue weighted by atomic mass is 19.2. The minimum atomic E-state index is -0.845. The molecule has 1 N–H and O–H groups in total. The molecule has 0 radical (unpaired) electrons. The first-order valence-electron chi connectivity index (χ1n) is 7.23. The summed E-state index contributed by atoms with van der Waals surface area (Å²) in [6, 6.07) is 5.75. The van der Waals surface area contributed by atoms with Crippen LogP contribution in [0.25, 0.3) is 0 Å². The van der Waals surface area contributed by atoms with Gasteiger partial charge >= 0.3 is 0 Å². The van der Waals surface area contributed by atoms with Crippen molar-refractivity contribution in [2.45, 2.75) is 25.8 Å². The van der Waals surface area contributed by atoms with Gasteiger partial charge < -0.3 is 10.1 Å². The van der Waals surface area contributed by atoms with Gasteiger partial charge in [-0.2, -0.15) is 0 Å². The van der Waals surface area contributed by atoms with Crippen LogP contribution in [-0.4, -0.2) is 23.2 Å². The van der Waals surface area contributed by atoms with Crippen molar-refractivity contribution >= 4 is 5.82 Å². The van der Waals surface area contributed by atoms with Crippen molar-refractivity contribution in [1.82, 2.24) is 9.97 Å². The highest BCUT2D eigenvalue weighted by Gasteiger charge is 2.20. The molecule has 3 rings (SSSR count). The van der Waals surface area contributed by atoms with Gasteiger partial charge in [0.25, 0.3) is 0 Å². The number of hydrogen-bond acceptors (Lipinski definition) is 4. The van der Waals surface area contributed by atoms with Gasteiger partial charge in [-0.15, -0.1) is 0 Å². The van der Waals surface area contributed by atoms with Gasteiger partial charge in [-0.05, 0) is 31.0 Å². The van der Waals surface area contributed by atoms with Gasteiger partial charge in [-0.3, -0.25) is 0 Å². The standard InChI is InChI=1S/C16H17F2N3O/c1-10-20-15(12-4-5-22-9-12)7-16(21-10)19-8-11-2-3-13(17)14(18)6-11/h2-3,6-7,12H,4-5,8-9H2,1H3,(H,19,20,21)/t12-/m1/s1. The quantitative estimate of drug-likeness (QED) is 0.942. The molecule has 4 nitrogen and oxygen atoms in total. The Morgan fingerprint density at radius 2 is 2.09 bits per heavy atom. The third-order valence-corrected chi connectivity index (χ3v) is 3.66. The Morgan fingerprint density at radius 1 is 1.23 bits per heavy atom. The Morgan fingerprint density at radius 3 is 2.82 bits per heavy atom. The summed E-state index contributed by atoms with van der Waals surface area (Å²) >= 11 is 0. The van der Waals surface area contributed by atoms with Crippen molar-refractivity contribution in [2.75, 3.05) is 18.5 Å². The summed E-state index contributed by atoms with van der Waals surface area (Å²) in [6.07, 6.45) is 0.957. The van der Waals surface area contributed by atoms with Crippen LogP contribution in [0.3, 0.4) is 0 Å². The van der Waals surface area contributed by atoms with E-state index in [-0.39, 0.29) is 0 Å². The third kappa shape index (κ3) is 3.39. The molecule has 2 aromatic rings. The summed E-state index contributed by atoms with van der Waals surface area (Å²) in [7, 11) is 0. The Balaban J connectivity index is 1.72. The van der Waals surface area contributed by atoms with Crippen LogP contribution >= 0.6 is 0 Å². The second-order valence-electron chi connectivity index (χ2n) is 5.39. The Bertz CT molecular complexity index is 672. The van der Waals surface area contributed by atoms with Gasteiger partial charge in [-0.25, -0.2) is 18.7 Å². The highest BCUT2D eigenvalue weighted by Crippen LogP contribution is 2.25. The summed E-state index contributed by atoms with van der Waals surface area (Å²) in [5.74, 6) is -0.0334. The van der Waals surface area contributed by atoms with Crippen LogP contribution < -0.4 is 5.32 Å². The number of halogens is 2. The lowest BCUT2D eigenvalue weighted by Gasteiger charge is -2.12. The number of ether oxygens (including phenoxy) is 1. The molecular weight excluding hydrogens is 288 g/mol. The number of anilines is 1. The largest absolute Gasteiger partial charge is 0.381 e. The van der Waals surface area contributed by atoms with Gasteiger partial charge in [-0.1, -0.05) is 6.07 Å². The fourth-order valence-corrected chi connectivity index (χ4v) is 2.50. The second-order valence-corrected chi connectivity index (χ2v) is 5.39. The van der Waals surface area contributed by atoms with Crippen molar-refractivity contribution in [3.05, 3.63) is 53.0 Å². The van der Waals surface area contributed by atoms with Crippen molar-refractivity contribution in [1.29, 1.82) is 0 Å². The van der Waals surface area contributed by atoms with Crippen LogP contribution in [0.15, 0.2) is 24.3 Å². The van der Waals surface area contributed by atoms with E-state index in [1.807, 2.05) is 13.0 Å². The number of hydrogen-bond donors (Lipinski definition) is 1. The van der Waals surface area contributed by atoms with Gasteiger partial charge in [0.1, 0.15) is 11.6 Å². The summed E-state index contributed by atoms with van der Waals surface area (Å²) in [5, 5.41) is 3.13. The zero-order valence-corrected chi connectivity index (χ0v) is 12.3. The lowest BCUT2D eigenvalue weighted by atomic mass is 10.0. The molecule has 1 aromatic carbocycles. The SMILES string of the molecule is Cc1nc(NCc2ccc(F)c(F)c2)cc([C@@H]2CCOC2)n1. The number of benzene rings is 1. The van der Waals surface area contributed by atoms with Crippen LogP contribution in [0.5, 0.6) is 0 Å². The number of rotatable bonds is 4. The fraction of sp³-hybridized carbons (Fsp3) is 0.375. The molecule has 1 atom stereocenters. The molecule has 0 aliphatic carbocycles. The first-order chi connectivity index (χ1) is 10.6. The fourth-order valence-electron chi connectivity index (χ4n) is 2.50. The molecule has 0 unspecified atom stereocenters. The van der Waals surface area contributed by atoms with E-state index in [0.29, 0.717) is 36.3 Å². The minimum Gasteiger partial charge on any atom is -0.381 e. The normalized spacial score (nSPS) is 17.7. The summed E-state index contributed by atoms with van der Waals surface area (Å²) < 4.78 is 31.5. The van der Waals surface area contributed by atoms with Crippen molar-refractivity contribution in [2.24, 2.45) is 0 Å². The molecule has 1 aliphatic heterocycles. The van der Waals surface area contributed by atoms with Gasteiger partial charge in [0, 0.05) is 25.1 Å². The number of nitrogens with zero attached hydrogens (tertiary/aromatic N) is 2. The minimum absolute atomic E-state index is 0.297. The van der Waals surface area contributed by atoms with E-state index in [1.54, 1.807) is 6.07 Å². The molecular formula is C16H17F2N3O. The van der Waals surface area contributed by atoms with E-state index in [4.69, 9.17) is 4.74 Å². The molecule has 1 aromatic heterocycles. The maximum atomic E-state index is 13.2. The Hall–Kier alpha value is -2.08. The van der Waals surface area contributed by atoms with Crippen LogP contribution in [0.2, 0.25) is 0 Å². The van der Waals surface area contributed by atoms with Crippen molar-refractivity contribution < 1.29 is 13.5 Å². The molecule has 0 bridgehead atoms. The van der Waals surface area contributed by atoms with Gasteiger partial charge in [0.15, 0.2) is 11.6 Å². The second kappa shape index (κ2) is 6.36. The molecule has 1 fully saturated rings. The Labute approximate surface area is 127 Å². The molecule has 0 amide bonds. The third-order valence-electron chi connectivity index (χ3n) is 3.66. The van der Waals surface area contributed by atoms with Gasteiger partial charge in [0.05, 0.1) is 12.3 Å². The van der Waals surface area contributed by atoms with E-state index < -0.39 is 11.6 Å². The average Bonchev–Trinajstić information content (AvgIpc) is 3.02. The molecule has 2 heterocycles. The predicted octanol–water partition coefficient (Wildman–Crippen LogP) is 3.18. The van der Waals surface area contributed by atoms with Crippen LogP contribution in [0, 0.1) is 18.6 Å². The average molecular weight is 305 g/mol. The maximum Gasteiger partial charge on any atom is 0.159 e. The van der Waals surface area contributed by atoms with Crippen molar-refractivity contribution in [3.8, 4) is 0 Å². The zero-order valence-electron chi connectivity index (χ0n) is 12.3.